The molecule has 0 aromatic heterocycles. The van der Waals surface area contributed by atoms with E-state index in [1.807, 2.05) is 0 Å². The Balaban J connectivity index is 1.87. The van der Waals surface area contributed by atoms with Crippen molar-refractivity contribution in [2.75, 3.05) is 26.9 Å². The van der Waals surface area contributed by atoms with Crippen molar-refractivity contribution in [1.82, 2.24) is 0 Å². The first-order valence-electron chi connectivity index (χ1n) is 13.8. The monoisotopic (exact) mass is 482 g/mol. The van der Waals surface area contributed by atoms with Crippen LogP contribution in [0, 0.1) is 5.82 Å². The molecule has 1 aromatic rings. The number of hydrogen-bond acceptors (Lipinski definition) is 4. The topological polar surface area (TPSA) is 47.9 Å². The number of unbranched alkanes of at least 4 members (excludes halogenated alkanes) is 15. The Morgan fingerprint density at radius 3 is 1.79 bits per heavy atom. The summed E-state index contributed by atoms with van der Waals surface area (Å²) in [5.41, 5.74) is 0.703. The minimum Gasteiger partial charge on any atom is -0.494 e. The Hall–Kier alpha value is -1.17. The van der Waals surface area contributed by atoms with Crippen LogP contribution in [0.25, 0.3) is 0 Å². The first kappa shape index (κ1) is 30.9. The minimum absolute atomic E-state index is 0.113. The van der Waals surface area contributed by atoms with Crippen LogP contribution in [0.3, 0.4) is 0 Å². The third kappa shape index (κ3) is 16.5. The van der Waals surface area contributed by atoms with Gasteiger partial charge < -0.3 is 19.3 Å². The molecule has 0 fully saturated rings. The van der Waals surface area contributed by atoms with Crippen LogP contribution in [-0.2, 0) is 16.1 Å². The van der Waals surface area contributed by atoms with E-state index in [1.54, 1.807) is 12.1 Å². The van der Waals surface area contributed by atoms with Crippen molar-refractivity contribution in [3.63, 3.8) is 0 Å². The summed E-state index contributed by atoms with van der Waals surface area (Å²) in [7, 11) is 1.44. The molecule has 34 heavy (non-hydrogen) atoms. The van der Waals surface area contributed by atoms with E-state index in [9.17, 15) is 9.50 Å². The molecule has 1 unspecified atom stereocenters. The average molecular weight is 483 g/mol. The molecule has 1 aromatic carbocycles. The van der Waals surface area contributed by atoms with Gasteiger partial charge in [-0.25, -0.2) is 4.39 Å². The summed E-state index contributed by atoms with van der Waals surface area (Å²) in [6, 6.07) is 4.73. The van der Waals surface area contributed by atoms with Gasteiger partial charge in [0, 0.05) is 6.61 Å². The molecule has 0 saturated carbocycles. The summed E-state index contributed by atoms with van der Waals surface area (Å²) < 4.78 is 30.0. The highest BCUT2D eigenvalue weighted by atomic mass is 19.1. The van der Waals surface area contributed by atoms with Crippen LogP contribution in [0.4, 0.5) is 4.39 Å². The molecule has 1 N–H and O–H groups in total. The van der Waals surface area contributed by atoms with E-state index in [1.165, 1.54) is 109 Å². The molecular formula is C29H51FO4. The summed E-state index contributed by atoms with van der Waals surface area (Å²) in [4.78, 5) is 0. The van der Waals surface area contributed by atoms with Gasteiger partial charge >= 0.3 is 0 Å². The zero-order chi connectivity index (χ0) is 24.7. The number of aliphatic hydroxyl groups excluding tert-OH is 1. The first-order valence-corrected chi connectivity index (χ1v) is 13.8. The van der Waals surface area contributed by atoms with Crippen molar-refractivity contribution in [2.45, 2.75) is 122 Å². The summed E-state index contributed by atoms with van der Waals surface area (Å²) in [5, 5.41) is 9.49. The molecule has 5 heteroatoms. The summed E-state index contributed by atoms with van der Waals surface area (Å²) in [6.07, 6.45) is 21.3. The largest absolute Gasteiger partial charge is 0.494 e. The highest BCUT2D eigenvalue weighted by Gasteiger charge is 2.10. The lowest BCUT2D eigenvalue weighted by Crippen LogP contribution is -2.24. The number of benzene rings is 1. The van der Waals surface area contributed by atoms with Crippen LogP contribution >= 0.6 is 0 Å². The molecule has 0 amide bonds. The number of rotatable bonds is 24. The fourth-order valence-electron chi connectivity index (χ4n) is 4.13. The van der Waals surface area contributed by atoms with Crippen molar-refractivity contribution < 1.29 is 23.7 Å². The predicted molar refractivity (Wildman–Crippen MR) is 139 cm³/mol. The zero-order valence-corrected chi connectivity index (χ0v) is 22.0. The SMILES string of the molecule is CCCCCCCCCCCCCCCCCCOCC(CO)OCc1ccc(OC)c(F)c1. The van der Waals surface area contributed by atoms with Gasteiger partial charge in [0.05, 0.1) is 26.9 Å². The summed E-state index contributed by atoms with van der Waals surface area (Å²) in [6.45, 7) is 3.44. The Morgan fingerprint density at radius 2 is 1.32 bits per heavy atom. The summed E-state index contributed by atoms with van der Waals surface area (Å²) in [5.74, 6) is -0.200. The van der Waals surface area contributed by atoms with Crippen molar-refractivity contribution in [1.29, 1.82) is 0 Å². The van der Waals surface area contributed by atoms with E-state index in [-0.39, 0.29) is 19.0 Å². The number of methoxy groups -OCH3 is 1. The van der Waals surface area contributed by atoms with Gasteiger partial charge in [-0.3, -0.25) is 0 Å². The molecule has 0 radical (unpaired) electrons. The fourth-order valence-corrected chi connectivity index (χ4v) is 4.13. The quantitative estimate of drug-likeness (QED) is 0.152. The smallest absolute Gasteiger partial charge is 0.165 e. The molecule has 0 spiro atoms. The van der Waals surface area contributed by atoms with E-state index < -0.39 is 11.9 Å². The van der Waals surface area contributed by atoms with Crippen LogP contribution in [0.5, 0.6) is 5.75 Å². The number of halogens is 1. The normalized spacial score (nSPS) is 12.2. The minimum atomic E-state index is -0.413. The van der Waals surface area contributed by atoms with Gasteiger partial charge in [-0.15, -0.1) is 0 Å². The molecule has 0 bridgehead atoms. The molecule has 0 aliphatic carbocycles. The van der Waals surface area contributed by atoms with Crippen molar-refractivity contribution in [3.05, 3.63) is 29.6 Å². The van der Waals surface area contributed by atoms with Gasteiger partial charge in [-0.2, -0.15) is 0 Å². The maximum absolute atomic E-state index is 13.7. The number of aliphatic hydroxyl groups is 1. The van der Waals surface area contributed by atoms with Crippen LogP contribution in [-0.4, -0.2) is 38.1 Å². The number of ether oxygens (including phenoxy) is 3. The third-order valence-corrected chi connectivity index (χ3v) is 6.35. The van der Waals surface area contributed by atoms with E-state index in [2.05, 4.69) is 6.92 Å². The number of hydrogen-bond donors (Lipinski definition) is 1. The highest BCUT2D eigenvalue weighted by Crippen LogP contribution is 2.18. The molecular weight excluding hydrogens is 431 g/mol. The lowest BCUT2D eigenvalue weighted by Gasteiger charge is -2.16. The van der Waals surface area contributed by atoms with Crippen LogP contribution in [0.1, 0.15) is 115 Å². The molecule has 0 heterocycles. The maximum Gasteiger partial charge on any atom is 0.165 e. The van der Waals surface area contributed by atoms with Gasteiger partial charge in [0.1, 0.15) is 6.10 Å². The van der Waals surface area contributed by atoms with Gasteiger partial charge in [-0.05, 0) is 24.1 Å². The molecule has 0 aliphatic heterocycles. The Morgan fingerprint density at radius 1 is 0.794 bits per heavy atom. The van der Waals surface area contributed by atoms with Crippen molar-refractivity contribution in [2.24, 2.45) is 0 Å². The first-order chi connectivity index (χ1) is 16.7. The molecule has 4 nitrogen and oxygen atoms in total. The third-order valence-electron chi connectivity index (χ3n) is 6.35. The predicted octanol–water partition coefficient (Wildman–Crippen LogP) is 7.99. The fraction of sp³-hybridized carbons (Fsp3) is 0.793. The molecule has 1 rings (SSSR count). The Bertz CT molecular complexity index is 581. The second kappa shape index (κ2) is 22.3. The summed E-state index contributed by atoms with van der Waals surface area (Å²) >= 11 is 0. The van der Waals surface area contributed by atoms with Crippen LogP contribution in [0.2, 0.25) is 0 Å². The van der Waals surface area contributed by atoms with E-state index in [4.69, 9.17) is 14.2 Å². The Kier molecular flexibility index (Phi) is 20.2. The average Bonchev–Trinajstić information content (AvgIpc) is 2.85. The molecule has 0 aliphatic rings. The molecule has 0 saturated heterocycles. The van der Waals surface area contributed by atoms with E-state index in [0.717, 1.165) is 6.42 Å². The lowest BCUT2D eigenvalue weighted by molar-refractivity contribution is -0.0503. The van der Waals surface area contributed by atoms with Gasteiger partial charge in [0.15, 0.2) is 11.6 Å². The highest BCUT2D eigenvalue weighted by molar-refractivity contribution is 5.28. The molecule has 198 valence electrons. The Labute approximate surface area is 208 Å². The standard InChI is InChI=1S/C29H51FO4/c1-3-4-5-6-7-8-9-10-11-12-13-14-15-16-17-18-21-33-25-27(23-31)34-24-26-19-20-29(32-2)28(30)22-26/h19-20,22,27,31H,3-18,21,23-25H2,1-2H3. The zero-order valence-electron chi connectivity index (χ0n) is 22.0. The second-order valence-electron chi connectivity index (χ2n) is 9.46. The van der Waals surface area contributed by atoms with Gasteiger partial charge in [0.25, 0.3) is 0 Å². The molecule has 1 atom stereocenters. The second-order valence-corrected chi connectivity index (χ2v) is 9.46. The van der Waals surface area contributed by atoms with Gasteiger partial charge in [-0.1, -0.05) is 109 Å². The maximum atomic E-state index is 13.7. The van der Waals surface area contributed by atoms with Crippen LogP contribution in [0.15, 0.2) is 18.2 Å². The van der Waals surface area contributed by atoms with Gasteiger partial charge in [0.2, 0.25) is 0 Å². The van der Waals surface area contributed by atoms with Crippen molar-refractivity contribution in [3.8, 4) is 5.75 Å². The van der Waals surface area contributed by atoms with Crippen molar-refractivity contribution >= 4 is 0 Å². The van der Waals surface area contributed by atoms with Crippen LogP contribution < -0.4 is 4.74 Å². The van der Waals surface area contributed by atoms with E-state index in [0.29, 0.717) is 18.8 Å². The van der Waals surface area contributed by atoms with E-state index >= 15 is 0 Å². The lowest BCUT2D eigenvalue weighted by atomic mass is 10.0.